The normalized spacial score (nSPS) is 10.6. The summed E-state index contributed by atoms with van der Waals surface area (Å²) in [5.74, 6) is 0. The minimum Gasteiger partial charge on any atom is -0.267 e. The SMILES string of the molecule is CN(SSC(C)(C)C#N)C(=O)Cl. The fourth-order valence-electron chi connectivity index (χ4n) is 0.197. The fraction of sp³-hybridized carbons (Fsp3) is 0.667. The Morgan fingerprint density at radius 3 is 2.50 bits per heavy atom. The largest absolute Gasteiger partial charge is 0.326 e. The molecule has 3 nitrogen and oxygen atoms in total. The number of nitriles is 1. The molecule has 0 saturated carbocycles. The van der Waals surface area contributed by atoms with E-state index in [1.54, 1.807) is 20.9 Å². The maximum Gasteiger partial charge on any atom is 0.326 e. The van der Waals surface area contributed by atoms with Crippen LogP contribution in [0.3, 0.4) is 0 Å². The van der Waals surface area contributed by atoms with Gasteiger partial charge in [-0.25, -0.2) is 0 Å². The van der Waals surface area contributed by atoms with Gasteiger partial charge in [0.05, 0.1) is 6.07 Å². The van der Waals surface area contributed by atoms with Gasteiger partial charge in [-0.05, 0) is 36.2 Å². The van der Waals surface area contributed by atoms with Crippen molar-refractivity contribution >= 4 is 38.7 Å². The van der Waals surface area contributed by atoms with E-state index in [1.165, 1.54) is 15.1 Å². The second-order valence-electron chi connectivity index (χ2n) is 2.53. The van der Waals surface area contributed by atoms with Gasteiger partial charge in [0.2, 0.25) is 0 Å². The molecule has 0 aromatic rings. The zero-order valence-corrected chi connectivity index (χ0v) is 9.39. The van der Waals surface area contributed by atoms with E-state index >= 15 is 0 Å². The summed E-state index contributed by atoms with van der Waals surface area (Å²) in [4.78, 5) is 10.5. The zero-order chi connectivity index (χ0) is 9.78. The summed E-state index contributed by atoms with van der Waals surface area (Å²) >= 11 is 5.17. The Bertz CT molecular complexity index is 214. The van der Waals surface area contributed by atoms with Crippen LogP contribution in [0, 0.1) is 11.3 Å². The third-order valence-corrected chi connectivity index (χ3v) is 4.34. The van der Waals surface area contributed by atoms with E-state index in [1.807, 2.05) is 0 Å². The number of rotatable bonds is 3. The molecule has 0 spiro atoms. The summed E-state index contributed by atoms with van der Waals surface area (Å²) in [5, 5.41) is 8.08. The van der Waals surface area contributed by atoms with Crippen molar-refractivity contribution in [3.05, 3.63) is 0 Å². The second kappa shape index (κ2) is 4.85. The van der Waals surface area contributed by atoms with Crippen molar-refractivity contribution in [3.8, 4) is 6.07 Å². The molecular weight excluding hydrogens is 216 g/mol. The number of nitrogens with zero attached hydrogens (tertiary/aromatic N) is 2. The van der Waals surface area contributed by atoms with E-state index in [9.17, 15) is 4.79 Å². The molecule has 0 heterocycles. The van der Waals surface area contributed by atoms with E-state index < -0.39 is 10.1 Å². The smallest absolute Gasteiger partial charge is 0.267 e. The molecule has 0 aromatic heterocycles. The first-order valence-electron chi connectivity index (χ1n) is 3.09. The van der Waals surface area contributed by atoms with Gasteiger partial charge < -0.3 is 0 Å². The van der Waals surface area contributed by atoms with Crippen LogP contribution in [0.4, 0.5) is 4.79 Å². The highest BCUT2D eigenvalue weighted by Gasteiger charge is 2.20. The Kier molecular flexibility index (Phi) is 4.83. The van der Waals surface area contributed by atoms with Crippen LogP contribution in [0.25, 0.3) is 0 Å². The van der Waals surface area contributed by atoms with Crippen LogP contribution in [0.2, 0.25) is 0 Å². The quantitative estimate of drug-likeness (QED) is 0.320. The van der Waals surface area contributed by atoms with Crippen molar-refractivity contribution in [1.82, 2.24) is 4.31 Å². The van der Waals surface area contributed by atoms with Gasteiger partial charge in [-0.1, -0.05) is 0 Å². The lowest BCUT2D eigenvalue weighted by atomic mass is 10.2. The molecule has 0 aliphatic heterocycles. The Morgan fingerprint density at radius 1 is 1.67 bits per heavy atom. The lowest BCUT2D eigenvalue weighted by molar-refractivity contribution is 0.251. The molecule has 1 amide bonds. The average Bonchev–Trinajstić information content (AvgIpc) is 2.00. The third-order valence-electron chi connectivity index (χ3n) is 0.874. The molecule has 0 radical (unpaired) electrons. The van der Waals surface area contributed by atoms with Crippen molar-refractivity contribution in [2.75, 3.05) is 7.05 Å². The van der Waals surface area contributed by atoms with Crippen molar-refractivity contribution < 1.29 is 4.79 Å². The molecule has 12 heavy (non-hydrogen) atoms. The number of hydrogen-bond acceptors (Lipinski definition) is 4. The molecule has 0 aromatic carbocycles. The molecule has 0 N–H and O–H groups in total. The first-order valence-corrected chi connectivity index (χ1v) is 5.58. The van der Waals surface area contributed by atoms with Crippen molar-refractivity contribution in [2.24, 2.45) is 0 Å². The summed E-state index contributed by atoms with van der Waals surface area (Å²) in [5.41, 5.74) is 0. The predicted molar refractivity (Wildman–Crippen MR) is 53.9 cm³/mol. The lowest BCUT2D eigenvalue weighted by Gasteiger charge is -2.17. The van der Waals surface area contributed by atoms with Gasteiger partial charge in [0.1, 0.15) is 4.75 Å². The monoisotopic (exact) mass is 224 g/mol. The Labute approximate surface area is 85.0 Å². The Balaban J connectivity index is 3.85. The molecule has 0 rings (SSSR count). The molecule has 68 valence electrons. The number of carbonyl (C=O) groups excluding carboxylic acids is 1. The van der Waals surface area contributed by atoms with E-state index in [0.717, 1.165) is 11.0 Å². The van der Waals surface area contributed by atoms with Crippen LogP contribution < -0.4 is 0 Å². The van der Waals surface area contributed by atoms with Gasteiger partial charge in [0, 0.05) is 18.0 Å². The van der Waals surface area contributed by atoms with Gasteiger partial charge in [-0.2, -0.15) is 5.26 Å². The van der Waals surface area contributed by atoms with E-state index in [2.05, 4.69) is 6.07 Å². The van der Waals surface area contributed by atoms with Gasteiger partial charge in [0.15, 0.2) is 0 Å². The fourth-order valence-corrected chi connectivity index (χ4v) is 2.03. The van der Waals surface area contributed by atoms with Crippen LogP contribution in [-0.4, -0.2) is 21.5 Å². The van der Waals surface area contributed by atoms with Crippen molar-refractivity contribution in [3.63, 3.8) is 0 Å². The van der Waals surface area contributed by atoms with Gasteiger partial charge in [-0.3, -0.25) is 9.10 Å². The highest BCUT2D eigenvalue weighted by Crippen LogP contribution is 2.36. The molecule has 0 aliphatic rings. The number of hydrogen-bond donors (Lipinski definition) is 0. The molecule has 6 heteroatoms. The van der Waals surface area contributed by atoms with Crippen LogP contribution in [0.5, 0.6) is 0 Å². The summed E-state index contributed by atoms with van der Waals surface area (Å²) < 4.78 is 0.760. The van der Waals surface area contributed by atoms with E-state index in [0.29, 0.717) is 0 Å². The summed E-state index contributed by atoms with van der Waals surface area (Å²) in [7, 11) is 4.01. The molecule has 0 unspecified atom stereocenters. The third kappa shape index (κ3) is 4.75. The molecule has 0 aliphatic carbocycles. The maximum absolute atomic E-state index is 10.5. The minimum absolute atomic E-state index is 0.509. The molecule has 0 saturated heterocycles. The first-order chi connectivity index (χ1) is 5.39. The van der Waals surface area contributed by atoms with Gasteiger partial charge in [0.25, 0.3) is 0 Å². The minimum atomic E-state index is -0.541. The molecule has 0 atom stereocenters. The first kappa shape index (κ1) is 11.9. The summed E-state index contributed by atoms with van der Waals surface area (Å²) in [6.45, 7) is 3.55. The summed E-state index contributed by atoms with van der Waals surface area (Å²) in [6.07, 6.45) is 0. The number of carbonyl (C=O) groups is 1. The van der Waals surface area contributed by atoms with E-state index in [-0.39, 0.29) is 0 Å². The highest BCUT2D eigenvalue weighted by atomic mass is 35.5. The maximum atomic E-state index is 10.5. The lowest BCUT2D eigenvalue weighted by Crippen LogP contribution is -2.14. The van der Waals surface area contributed by atoms with Crippen molar-refractivity contribution in [1.29, 1.82) is 5.26 Å². The zero-order valence-electron chi connectivity index (χ0n) is 7.00. The highest BCUT2D eigenvalue weighted by molar-refractivity contribution is 8.76. The Hall–Kier alpha value is -0.0500. The Morgan fingerprint density at radius 2 is 2.17 bits per heavy atom. The van der Waals surface area contributed by atoms with Crippen LogP contribution >= 0.6 is 33.4 Å². The topological polar surface area (TPSA) is 44.1 Å². The van der Waals surface area contributed by atoms with Crippen LogP contribution in [0.1, 0.15) is 13.8 Å². The van der Waals surface area contributed by atoms with E-state index in [4.69, 9.17) is 16.9 Å². The number of halogens is 1. The molecule has 0 fully saturated rings. The molecular formula is C6H9ClN2OS2. The molecule has 0 bridgehead atoms. The second-order valence-corrected chi connectivity index (χ2v) is 5.69. The van der Waals surface area contributed by atoms with Gasteiger partial charge >= 0.3 is 5.37 Å². The van der Waals surface area contributed by atoms with Gasteiger partial charge in [-0.15, -0.1) is 0 Å². The van der Waals surface area contributed by atoms with Crippen molar-refractivity contribution in [2.45, 2.75) is 18.6 Å². The average molecular weight is 225 g/mol. The number of amides is 1. The standard InChI is InChI=1S/C6H9ClN2OS2/c1-6(2,4-8)11-12-9(3)5(7)10/h1-3H3. The summed E-state index contributed by atoms with van der Waals surface area (Å²) in [6, 6.07) is 2.10. The predicted octanol–water partition coefficient (Wildman–Crippen LogP) is 2.88. The van der Waals surface area contributed by atoms with Crippen LogP contribution in [0.15, 0.2) is 0 Å². The van der Waals surface area contributed by atoms with Crippen LogP contribution in [-0.2, 0) is 0 Å².